The first kappa shape index (κ1) is 18.2. The van der Waals surface area contributed by atoms with E-state index in [1.807, 2.05) is 34.9 Å². The molecule has 0 bridgehead atoms. The quantitative estimate of drug-likeness (QED) is 0.703. The summed E-state index contributed by atoms with van der Waals surface area (Å²) in [5.74, 6) is 0. The van der Waals surface area contributed by atoms with Gasteiger partial charge in [-0.25, -0.2) is 0 Å². The third-order valence-electron chi connectivity index (χ3n) is 0.707. The van der Waals surface area contributed by atoms with Crippen molar-refractivity contribution in [1.82, 2.24) is 0 Å². The van der Waals surface area contributed by atoms with Crippen LogP contribution < -0.4 is 0 Å². The molecule has 0 aliphatic rings. The predicted octanol–water partition coefficient (Wildman–Crippen LogP) is 1.39. The van der Waals surface area contributed by atoms with Gasteiger partial charge >= 0.3 is 0 Å². The zero-order chi connectivity index (χ0) is 9.33. The molecule has 5 heteroatoms. The Morgan fingerprint density at radius 2 is 1.75 bits per heavy atom. The van der Waals surface area contributed by atoms with Crippen molar-refractivity contribution in [3.63, 3.8) is 0 Å². The minimum atomic E-state index is -0.153. The summed E-state index contributed by atoms with van der Waals surface area (Å²) in [6.45, 7) is 7.69. The first-order chi connectivity index (χ1) is 4.97. The van der Waals surface area contributed by atoms with Crippen molar-refractivity contribution < 1.29 is 21.1 Å². The van der Waals surface area contributed by atoms with Crippen molar-refractivity contribution in [1.29, 1.82) is 5.26 Å². The molecule has 0 unspecified atom stereocenters. The molecule has 0 aliphatic heterocycles. The monoisotopic (exact) mass is 329 g/mol. The summed E-state index contributed by atoms with van der Waals surface area (Å²) < 4.78 is 0. The molecular weight excluding hydrogens is 314 g/mol. The summed E-state index contributed by atoms with van der Waals surface area (Å²) in [7, 11) is 8.42. The van der Waals surface area contributed by atoms with Crippen LogP contribution in [0.5, 0.6) is 0 Å². The molecule has 4 radical (unpaired) electrons. The Kier molecular flexibility index (Phi) is 17.3. The topological polar surface area (TPSA) is 23.8 Å². The maximum atomic E-state index is 8.15. The Bertz CT molecular complexity index is 115. The summed E-state index contributed by atoms with van der Waals surface area (Å²) >= 11 is 0. The predicted molar refractivity (Wildman–Crippen MR) is 52.8 cm³/mol. The third kappa shape index (κ3) is 31.6. The van der Waals surface area contributed by atoms with Crippen LogP contribution >= 0.6 is 0 Å². The van der Waals surface area contributed by atoms with Crippen molar-refractivity contribution in [2.75, 3.05) is 0 Å². The zero-order valence-corrected chi connectivity index (χ0v) is 11.2. The van der Waals surface area contributed by atoms with Crippen LogP contribution in [0, 0.1) is 16.7 Å². The van der Waals surface area contributed by atoms with Gasteiger partial charge in [0.1, 0.15) is 0 Å². The Morgan fingerprint density at radius 3 is 1.75 bits per heavy atom. The van der Waals surface area contributed by atoms with Gasteiger partial charge in [0.2, 0.25) is 0 Å². The first-order valence-electron chi connectivity index (χ1n) is 3.76. The molecule has 0 aromatic carbocycles. The van der Waals surface area contributed by atoms with Crippen LogP contribution in [0.15, 0.2) is 0 Å². The smallest absolute Gasteiger partial charge is 0.0680 e. The van der Waals surface area contributed by atoms with E-state index in [4.69, 9.17) is 13.0 Å². The molecule has 0 fully saturated rings. The molecule has 0 rings (SSSR count). The summed E-state index contributed by atoms with van der Waals surface area (Å²) in [5, 5.41) is 8.15. The summed E-state index contributed by atoms with van der Waals surface area (Å²) in [5.41, 5.74) is -0.153. The van der Waals surface area contributed by atoms with Crippen molar-refractivity contribution in [3.05, 3.63) is 0 Å². The second kappa shape index (κ2) is 11.4. The van der Waals surface area contributed by atoms with E-state index in [2.05, 4.69) is 6.07 Å². The SMILES string of the molecule is CC(C)(C)C#N.[B][B][B]CC.[W]. The minimum absolute atomic E-state index is 0. The van der Waals surface area contributed by atoms with Gasteiger partial charge in [0.15, 0.2) is 0 Å². The Labute approximate surface area is 93.8 Å². The van der Waals surface area contributed by atoms with E-state index in [1.165, 1.54) is 0 Å². The maximum absolute atomic E-state index is 8.15. The van der Waals surface area contributed by atoms with Crippen LogP contribution in [0.2, 0.25) is 6.32 Å². The van der Waals surface area contributed by atoms with Crippen molar-refractivity contribution in [2.24, 2.45) is 5.41 Å². The standard InChI is InChI=1S/C5H9N.C2H5B3.W/c1-5(2,3)4-6;1-2-4-5-3;/h1-3H3;2H2,1H3;. The van der Waals surface area contributed by atoms with Crippen molar-refractivity contribution >= 4 is 22.0 Å². The average molecular weight is 328 g/mol. The van der Waals surface area contributed by atoms with Gasteiger partial charge < -0.3 is 0 Å². The molecule has 0 N–H and O–H groups in total. The normalized spacial score (nSPS) is 7.92. The molecule has 0 heterocycles. The summed E-state index contributed by atoms with van der Waals surface area (Å²) in [6.07, 6.45) is 1.04. The average Bonchev–Trinajstić information content (AvgIpc) is 1.90. The van der Waals surface area contributed by atoms with Gasteiger partial charge in [-0.2, -0.15) is 5.26 Å². The van der Waals surface area contributed by atoms with E-state index in [0.717, 1.165) is 6.32 Å². The Hall–Kier alpha value is 0.373. The number of rotatable bonds is 2. The molecule has 62 valence electrons. The zero-order valence-electron chi connectivity index (χ0n) is 8.29. The van der Waals surface area contributed by atoms with Crippen molar-refractivity contribution in [2.45, 2.75) is 34.0 Å². The molecule has 0 saturated heterocycles. The van der Waals surface area contributed by atoms with Crippen molar-refractivity contribution in [3.8, 4) is 6.07 Å². The van der Waals surface area contributed by atoms with E-state index in [-0.39, 0.29) is 26.5 Å². The minimum Gasteiger partial charge on any atom is -0.198 e. The maximum Gasteiger partial charge on any atom is 0.0680 e. The van der Waals surface area contributed by atoms with Crippen LogP contribution in [0.1, 0.15) is 27.7 Å². The fraction of sp³-hybridized carbons (Fsp3) is 0.857. The van der Waals surface area contributed by atoms with Crippen LogP contribution in [0.4, 0.5) is 0 Å². The van der Waals surface area contributed by atoms with Gasteiger partial charge in [0, 0.05) is 41.3 Å². The van der Waals surface area contributed by atoms with Gasteiger partial charge in [-0.3, -0.25) is 0 Å². The Morgan fingerprint density at radius 1 is 1.42 bits per heavy atom. The molecular formula is C7H14B3NW. The fourth-order valence-corrected chi connectivity index (χ4v) is 0.136. The van der Waals surface area contributed by atoms with Gasteiger partial charge in [-0.05, 0) is 20.8 Å². The first-order valence-corrected chi connectivity index (χ1v) is 3.76. The van der Waals surface area contributed by atoms with Crippen LogP contribution in [0.3, 0.4) is 0 Å². The van der Waals surface area contributed by atoms with Crippen LogP contribution in [-0.2, 0) is 21.1 Å². The van der Waals surface area contributed by atoms with Gasteiger partial charge in [-0.15, -0.1) is 0 Å². The van der Waals surface area contributed by atoms with E-state index >= 15 is 0 Å². The molecule has 0 aliphatic carbocycles. The molecule has 1 nitrogen and oxygen atoms in total. The van der Waals surface area contributed by atoms with E-state index < -0.39 is 0 Å². The van der Waals surface area contributed by atoms with Crippen LogP contribution in [-0.4, -0.2) is 22.0 Å². The molecule has 0 atom stereocenters. The molecule has 0 aromatic heterocycles. The van der Waals surface area contributed by atoms with Gasteiger partial charge in [0.05, 0.1) is 13.2 Å². The number of nitrogens with zero attached hydrogens (tertiary/aromatic N) is 1. The number of nitriles is 1. The summed E-state index contributed by atoms with van der Waals surface area (Å²) in [6, 6.07) is 2.10. The van der Waals surface area contributed by atoms with Crippen LogP contribution in [0.25, 0.3) is 0 Å². The molecule has 12 heavy (non-hydrogen) atoms. The van der Waals surface area contributed by atoms with E-state index in [9.17, 15) is 0 Å². The molecule has 0 spiro atoms. The molecule has 0 saturated carbocycles. The molecule has 0 aromatic rings. The summed E-state index contributed by atoms with van der Waals surface area (Å²) in [4.78, 5) is 0. The number of hydrogen-bond donors (Lipinski definition) is 0. The second-order valence-corrected chi connectivity index (χ2v) is 3.20. The fourth-order valence-electron chi connectivity index (χ4n) is 0.136. The Balaban J connectivity index is -0.000000126. The molecule has 0 amide bonds. The third-order valence-corrected chi connectivity index (χ3v) is 0.707. The second-order valence-electron chi connectivity index (χ2n) is 3.20. The van der Waals surface area contributed by atoms with E-state index in [0.29, 0.717) is 0 Å². The van der Waals surface area contributed by atoms with Gasteiger partial charge in [0.25, 0.3) is 0 Å². The number of hydrogen-bond acceptors (Lipinski definition) is 1. The largest absolute Gasteiger partial charge is 0.198 e. The van der Waals surface area contributed by atoms with E-state index in [1.54, 1.807) is 7.06 Å². The van der Waals surface area contributed by atoms with Gasteiger partial charge in [-0.1, -0.05) is 13.2 Å².